The van der Waals surface area contributed by atoms with Crippen LogP contribution >= 0.6 is 0 Å². The number of hydrogen-bond donors (Lipinski definition) is 0. The Hall–Kier alpha value is 0.217. The molecule has 58 heavy (non-hydrogen) atoms. The minimum absolute atomic E-state index is 0.441. The molecule has 0 aromatic carbocycles. The molecule has 3 rings (SSSR count). The summed E-state index contributed by atoms with van der Waals surface area (Å²) in [6, 6.07) is 0. The second kappa shape index (κ2) is 41.2. The molecule has 1 radical (unpaired) electrons. The Morgan fingerprint density at radius 3 is 0.310 bits per heavy atom. The number of hydrogen-bond acceptors (Lipinski definition) is 0. The molecule has 0 amide bonds. The molecule has 0 N–H and O–H groups in total. The molecule has 3 aliphatic rings. The van der Waals surface area contributed by atoms with Gasteiger partial charge in [0.15, 0.2) is 0 Å². The van der Waals surface area contributed by atoms with Crippen LogP contribution in [-0.4, -0.2) is 8.80 Å². The van der Waals surface area contributed by atoms with Gasteiger partial charge in [-0.3, -0.25) is 0 Å². The highest BCUT2D eigenvalue weighted by Gasteiger charge is 2.36. The van der Waals surface area contributed by atoms with E-state index >= 15 is 0 Å². The van der Waals surface area contributed by atoms with Crippen LogP contribution in [0.2, 0.25) is 16.6 Å². The molecule has 1 heteroatoms. The zero-order valence-corrected chi connectivity index (χ0v) is 41.4. The standard InChI is InChI=1S/C57H111Si/c1-2-8-14-20-26-32-38-44-50-55(49-43-37-31-25-19-13-7-1)58(56-51-45-39-33-27-21-15-9-3-4-10-16-22-28-34-40-46-52-56)57-53-47-41-35-29-23-17-11-5-6-12-18-24-30-36-42-48-54-57/h55-57H,1-54H2. The first-order chi connectivity index (χ1) is 28.9. The van der Waals surface area contributed by atoms with Crippen LogP contribution in [0.3, 0.4) is 0 Å². The predicted molar refractivity (Wildman–Crippen MR) is 266 cm³/mol. The summed E-state index contributed by atoms with van der Waals surface area (Å²) in [5.74, 6) is 0. The van der Waals surface area contributed by atoms with Crippen molar-refractivity contribution in [3.63, 3.8) is 0 Å². The van der Waals surface area contributed by atoms with Crippen molar-refractivity contribution in [2.24, 2.45) is 0 Å². The Balaban J connectivity index is 1.81. The Kier molecular flexibility index (Phi) is 37.4. The quantitative estimate of drug-likeness (QED) is 0.249. The van der Waals surface area contributed by atoms with Crippen LogP contribution in [-0.2, 0) is 0 Å². The fourth-order valence-electron chi connectivity index (χ4n) is 12.2. The molecule has 0 spiro atoms. The summed E-state index contributed by atoms with van der Waals surface area (Å²) in [6.07, 6.45) is 83.0. The average molecular weight is 825 g/mol. The third-order valence-electron chi connectivity index (χ3n) is 16.0. The first kappa shape index (κ1) is 52.6. The van der Waals surface area contributed by atoms with Gasteiger partial charge < -0.3 is 0 Å². The SMILES string of the molecule is C1CCCCCCCCCC([Si](C2CCCCCCCCCCCCCCCCCC2)C2CCCCCCCCCCCCCCCCCC2)CCCCCCCC1. The highest BCUT2D eigenvalue weighted by atomic mass is 28.3. The van der Waals surface area contributed by atoms with Gasteiger partial charge in [0.1, 0.15) is 0 Å². The van der Waals surface area contributed by atoms with E-state index in [-0.39, 0.29) is 0 Å². The first-order valence-corrected chi connectivity index (χ1v) is 30.5. The molecule has 0 unspecified atom stereocenters. The molecule has 0 nitrogen and oxygen atoms in total. The second-order valence-corrected chi connectivity index (χ2v) is 24.7. The van der Waals surface area contributed by atoms with Crippen LogP contribution in [0.1, 0.15) is 347 Å². The normalized spacial score (nSPS) is 25.6. The van der Waals surface area contributed by atoms with E-state index < -0.39 is 8.80 Å². The van der Waals surface area contributed by atoms with Crippen molar-refractivity contribution in [3.8, 4) is 0 Å². The predicted octanol–water partition coefficient (Wildman–Crippen LogP) is 21.7. The Morgan fingerprint density at radius 1 is 0.121 bits per heavy atom. The monoisotopic (exact) mass is 824 g/mol. The molecule has 0 heterocycles. The van der Waals surface area contributed by atoms with E-state index in [1.807, 2.05) is 0 Å². The molecular formula is C57H111Si. The average Bonchev–Trinajstić information content (AvgIpc) is 3.23. The van der Waals surface area contributed by atoms with Crippen molar-refractivity contribution in [2.75, 3.05) is 0 Å². The molecule has 0 aromatic rings. The number of rotatable bonds is 3. The van der Waals surface area contributed by atoms with Crippen molar-refractivity contribution < 1.29 is 0 Å². The van der Waals surface area contributed by atoms with Crippen molar-refractivity contribution >= 4 is 8.80 Å². The third-order valence-corrected chi connectivity index (χ3v) is 20.5. The molecule has 343 valence electrons. The topological polar surface area (TPSA) is 0 Å². The van der Waals surface area contributed by atoms with Crippen LogP contribution in [0.25, 0.3) is 0 Å². The molecule has 0 bridgehead atoms. The van der Waals surface area contributed by atoms with Gasteiger partial charge in [-0.15, -0.1) is 0 Å². The fraction of sp³-hybridized carbons (Fsp3) is 1.00. The van der Waals surface area contributed by atoms with Crippen molar-refractivity contribution in [1.29, 1.82) is 0 Å². The second-order valence-electron chi connectivity index (χ2n) is 21.3. The Morgan fingerprint density at radius 2 is 0.207 bits per heavy atom. The highest BCUT2D eigenvalue weighted by Crippen LogP contribution is 2.46. The van der Waals surface area contributed by atoms with Gasteiger partial charge in [-0.05, 0) is 16.6 Å². The van der Waals surface area contributed by atoms with E-state index in [9.17, 15) is 0 Å². The summed E-state index contributed by atoms with van der Waals surface area (Å²) in [5.41, 5.74) is 3.35. The van der Waals surface area contributed by atoms with Gasteiger partial charge in [-0.25, -0.2) is 0 Å². The van der Waals surface area contributed by atoms with Gasteiger partial charge in [-0.1, -0.05) is 347 Å². The molecule has 0 aliphatic heterocycles. The fourth-order valence-corrected chi connectivity index (χ4v) is 17.4. The third kappa shape index (κ3) is 30.3. The molecule has 0 aromatic heterocycles. The maximum Gasteiger partial charge on any atom is 0.0578 e. The summed E-state index contributed by atoms with van der Waals surface area (Å²) < 4.78 is 0. The van der Waals surface area contributed by atoms with Crippen LogP contribution in [0.5, 0.6) is 0 Å². The zero-order valence-electron chi connectivity index (χ0n) is 40.4. The van der Waals surface area contributed by atoms with Crippen molar-refractivity contribution in [3.05, 3.63) is 0 Å². The minimum Gasteiger partial charge on any atom is -0.0533 e. The maximum atomic E-state index is 1.63. The molecule has 3 fully saturated rings. The Labute approximate surface area is 370 Å². The van der Waals surface area contributed by atoms with Crippen LogP contribution in [0, 0.1) is 0 Å². The molecule has 3 saturated carbocycles. The largest absolute Gasteiger partial charge is 0.0578 e. The molecular weight excluding hydrogens is 713 g/mol. The van der Waals surface area contributed by atoms with Crippen molar-refractivity contribution in [1.82, 2.24) is 0 Å². The smallest absolute Gasteiger partial charge is 0.0533 e. The van der Waals surface area contributed by atoms with Gasteiger partial charge in [0.2, 0.25) is 0 Å². The lowest BCUT2D eigenvalue weighted by molar-refractivity contribution is 0.473. The maximum absolute atomic E-state index is 1.63. The first-order valence-electron chi connectivity index (χ1n) is 28.8. The summed E-state index contributed by atoms with van der Waals surface area (Å²) in [6.45, 7) is 0. The summed E-state index contributed by atoms with van der Waals surface area (Å²) in [7, 11) is -0.441. The van der Waals surface area contributed by atoms with E-state index in [2.05, 4.69) is 0 Å². The van der Waals surface area contributed by atoms with Crippen molar-refractivity contribution in [2.45, 2.75) is 363 Å². The lowest BCUT2D eigenvalue weighted by Crippen LogP contribution is -2.33. The van der Waals surface area contributed by atoms with Gasteiger partial charge in [-0.2, -0.15) is 0 Å². The zero-order chi connectivity index (χ0) is 40.5. The highest BCUT2D eigenvalue weighted by molar-refractivity contribution is 6.63. The summed E-state index contributed by atoms with van der Waals surface area (Å²) in [4.78, 5) is 0. The van der Waals surface area contributed by atoms with Crippen LogP contribution < -0.4 is 0 Å². The lowest BCUT2D eigenvalue weighted by atomic mass is 10.0. The van der Waals surface area contributed by atoms with Crippen LogP contribution in [0.15, 0.2) is 0 Å². The Bertz CT molecular complexity index is 641. The van der Waals surface area contributed by atoms with Gasteiger partial charge in [0.05, 0.1) is 8.80 Å². The van der Waals surface area contributed by atoms with E-state index in [1.165, 1.54) is 231 Å². The van der Waals surface area contributed by atoms with E-state index in [1.54, 1.807) is 116 Å². The van der Waals surface area contributed by atoms with Gasteiger partial charge in [0.25, 0.3) is 0 Å². The van der Waals surface area contributed by atoms with Crippen LogP contribution in [0.4, 0.5) is 0 Å². The molecule has 3 aliphatic carbocycles. The van der Waals surface area contributed by atoms with E-state index in [4.69, 9.17) is 0 Å². The summed E-state index contributed by atoms with van der Waals surface area (Å²) >= 11 is 0. The van der Waals surface area contributed by atoms with Gasteiger partial charge >= 0.3 is 0 Å². The minimum atomic E-state index is -0.441. The van der Waals surface area contributed by atoms with Gasteiger partial charge in [0, 0.05) is 0 Å². The lowest BCUT2D eigenvalue weighted by Gasteiger charge is -2.39. The van der Waals surface area contributed by atoms with E-state index in [0.717, 1.165) is 16.6 Å². The summed E-state index contributed by atoms with van der Waals surface area (Å²) in [5, 5.41) is 0. The van der Waals surface area contributed by atoms with E-state index in [0.29, 0.717) is 0 Å². The molecule has 0 saturated heterocycles. The molecule has 0 atom stereocenters.